The highest BCUT2D eigenvalue weighted by molar-refractivity contribution is 5.70. The summed E-state index contributed by atoms with van der Waals surface area (Å²) in [7, 11) is 0. The monoisotopic (exact) mass is 248 g/mol. The van der Waals surface area contributed by atoms with Gasteiger partial charge >= 0.3 is 11.9 Å². The minimum atomic E-state index is -0.365. The minimum absolute atomic E-state index is 0.304. The number of rotatable bonds is 2. The maximum Gasteiger partial charge on any atom is 0.308 e. The van der Waals surface area contributed by atoms with Gasteiger partial charge in [-0.05, 0) is 30.9 Å². The highest BCUT2D eigenvalue weighted by Gasteiger charge is 2.26. The third-order valence-electron chi connectivity index (χ3n) is 2.95. The second-order valence-corrected chi connectivity index (χ2v) is 4.41. The first kappa shape index (κ1) is 12.6. The molecule has 0 N–H and O–H groups in total. The predicted octanol–water partition coefficient (Wildman–Crippen LogP) is 2.55. The first-order chi connectivity index (χ1) is 8.58. The molecule has 0 aliphatic heterocycles. The van der Waals surface area contributed by atoms with Crippen molar-refractivity contribution in [2.24, 2.45) is 0 Å². The summed E-state index contributed by atoms with van der Waals surface area (Å²) in [4.78, 5) is 22.2. The van der Waals surface area contributed by atoms with Crippen molar-refractivity contribution in [1.82, 2.24) is 0 Å². The molecule has 0 heterocycles. The molecule has 0 fully saturated rings. The van der Waals surface area contributed by atoms with Crippen LogP contribution in [0.25, 0.3) is 0 Å². The van der Waals surface area contributed by atoms with Crippen molar-refractivity contribution in [2.75, 3.05) is 0 Å². The molecule has 0 radical (unpaired) electrons. The molecule has 0 spiro atoms. The number of aryl methyl sites for hydroxylation is 1. The standard InChI is InChI=1S/C14H16O4/c1-9(15)17-12-7-3-5-11-6-4-8-13(14(11)12)18-10(2)16/h3,5,7,13H,4,6,8H2,1-2H3. The van der Waals surface area contributed by atoms with Crippen LogP contribution in [0.4, 0.5) is 0 Å². The summed E-state index contributed by atoms with van der Waals surface area (Å²) in [6.07, 6.45) is 2.35. The number of hydrogen-bond acceptors (Lipinski definition) is 4. The Bertz CT molecular complexity index is 479. The molecule has 1 aromatic rings. The zero-order chi connectivity index (χ0) is 13.1. The molecule has 4 heteroatoms. The van der Waals surface area contributed by atoms with E-state index in [1.54, 1.807) is 6.07 Å². The molecule has 1 aliphatic rings. The first-order valence-electron chi connectivity index (χ1n) is 6.05. The zero-order valence-corrected chi connectivity index (χ0v) is 10.6. The number of carbonyl (C=O) groups excluding carboxylic acids is 2. The van der Waals surface area contributed by atoms with Crippen molar-refractivity contribution in [3.63, 3.8) is 0 Å². The van der Waals surface area contributed by atoms with Crippen molar-refractivity contribution >= 4 is 11.9 Å². The fourth-order valence-electron chi connectivity index (χ4n) is 2.36. The molecule has 1 aliphatic carbocycles. The molecular weight excluding hydrogens is 232 g/mol. The average molecular weight is 248 g/mol. The van der Waals surface area contributed by atoms with E-state index >= 15 is 0 Å². The van der Waals surface area contributed by atoms with Crippen LogP contribution in [-0.4, -0.2) is 11.9 Å². The average Bonchev–Trinajstić information content (AvgIpc) is 2.27. The molecule has 0 saturated carbocycles. The molecule has 0 aromatic heterocycles. The Balaban J connectivity index is 2.38. The Kier molecular flexibility index (Phi) is 3.65. The van der Waals surface area contributed by atoms with Gasteiger partial charge in [-0.25, -0.2) is 0 Å². The fourth-order valence-corrected chi connectivity index (χ4v) is 2.36. The van der Waals surface area contributed by atoms with Gasteiger partial charge < -0.3 is 9.47 Å². The molecule has 0 amide bonds. The lowest BCUT2D eigenvalue weighted by Gasteiger charge is -2.26. The quantitative estimate of drug-likeness (QED) is 0.596. The summed E-state index contributed by atoms with van der Waals surface area (Å²) in [5, 5.41) is 0. The van der Waals surface area contributed by atoms with Gasteiger partial charge in [-0.3, -0.25) is 9.59 Å². The molecule has 1 unspecified atom stereocenters. The van der Waals surface area contributed by atoms with Gasteiger partial charge in [0.2, 0.25) is 0 Å². The van der Waals surface area contributed by atoms with Gasteiger partial charge in [0, 0.05) is 19.4 Å². The summed E-state index contributed by atoms with van der Waals surface area (Å²) in [5.74, 6) is -0.174. The Morgan fingerprint density at radius 2 is 2.00 bits per heavy atom. The van der Waals surface area contributed by atoms with Crippen molar-refractivity contribution in [3.05, 3.63) is 29.3 Å². The van der Waals surface area contributed by atoms with Gasteiger partial charge in [-0.15, -0.1) is 0 Å². The number of esters is 2. The molecule has 0 saturated heterocycles. The Morgan fingerprint density at radius 3 is 2.67 bits per heavy atom. The maximum atomic E-state index is 11.1. The van der Waals surface area contributed by atoms with E-state index in [1.807, 2.05) is 12.1 Å². The third-order valence-corrected chi connectivity index (χ3v) is 2.95. The predicted molar refractivity (Wildman–Crippen MR) is 65.2 cm³/mol. The Hall–Kier alpha value is -1.84. The number of hydrogen-bond donors (Lipinski definition) is 0. The molecular formula is C14H16O4. The molecule has 4 nitrogen and oxygen atoms in total. The Morgan fingerprint density at radius 1 is 1.22 bits per heavy atom. The lowest BCUT2D eigenvalue weighted by molar-refractivity contribution is -0.147. The van der Waals surface area contributed by atoms with Crippen molar-refractivity contribution in [3.8, 4) is 5.75 Å². The highest BCUT2D eigenvalue weighted by atomic mass is 16.6. The van der Waals surface area contributed by atoms with E-state index in [-0.39, 0.29) is 18.0 Å². The summed E-state index contributed by atoms with van der Waals surface area (Å²) >= 11 is 0. The van der Waals surface area contributed by atoms with E-state index < -0.39 is 0 Å². The van der Waals surface area contributed by atoms with Gasteiger partial charge in [0.25, 0.3) is 0 Å². The van der Waals surface area contributed by atoms with Crippen LogP contribution in [0.1, 0.15) is 43.9 Å². The SMILES string of the molecule is CC(=O)Oc1cccc2c1C(OC(C)=O)CCC2. The van der Waals surface area contributed by atoms with E-state index in [9.17, 15) is 9.59 Å². The van der Waals surface area contributed by atoms with Gasteiger partial charge in [0.1, 0.15) is 11.9 Å². The number of ether oxygens (including phenoxy) is 2. The van der Waals surface area contributed by atoms with Crippen molar-refractivity contribution < 1.29 is 19.1 Å². The maximum absolute atomic E-state index is 11.1. The topological polar surface area (TPSA) is 52.6 Å². The van der Waals surface area contributed by atoms with Crippen LogP contribution in [0.3, 0.4) is 0 Å². The van der Waals surface area contributed by atoms with Crippen LogP contribution in [0.2, 0.25) is 0 Å². The van der Waals surface area contributed by atoms with E-state index in [0.29, 0.717) is 5.75 Å². The normalized spacial score (nSPS) is 17.8. The van der Waals surface area contributed by atoms with Gasteiger partial charge in [-0.2, -0.15) is 0 Å². The second kappa shape index (κ2) is 5.21. The van der Waals surface area contributed by atoms with Crippen molar-refractivity contribution in [2.45, 2.75) is 39.2 Å². The van der Waals surface area contributed by atoms with E-state index in [0.717, 1.165) is 30.4 Å². The molecule has 96 valence electrons. The molecule has 1 atom stereocenters. The molecule has 2 rings (SSSR count). The summed E-state index contributed by atoms with van der Waals surface area (Å²) in [6, 6.07) is 5.58. The van der Waals surface area contributed by atoms with Crippen LogP contribution in [-0.2, 0) is 20.7 Å². The highest BCUT2D eigenvalue weighted by Crippen LogP contribution is 2.38. The molecule has 0 bridgehead atoms. The third kappa shape index (κ3) is 2.70. The summed E-state index contributed by atoms with van der Waals surface area (Å²) in [6.45, 7) is 2.76. The van der Waals surface area contributed by atoms with Crippen molar-refractivity contribution in [1.29, 1.82) is 0 Å². The summed E-state index contributed by atoms with van der Waals surface area (Å²) < 4.78 is 10.5. The van der Waals surface area contributed by atoms with Gasteiger partial charge in [0.15, 0.2) is 0 Å². The second-order valence-electron chi connectivity index (χ2n) is 4.41. The lowest BCUT2D eigenvalue weighted by atomic mass is 9.88. The first-order valence-corrected chi connectivity index (χ1v) is 6.05. The van der Waals surface area contributed by atoms with Crippen LogP contribution < -0.4 is 4.74 Å². The van der Waals surface area contributed by atoms with E-state index in [1.165, 1.54) is 13.8 Å². The largest absolute Gasteiger partial charge is 0.458 e. The van der Waals surface area contributed by atoms with Crippen LogP contribution in [0.15, 0.2) is 18.2 Å². The number of carbonyl (C=O) groups is 2. The zero-order valence-electron chi connectivity index (χ0n) is 10.6. The number of fused-ring (bicyclic) bond motifs is 1. The Labute approximate surface area is 106 Å². The van der Waals surface area contributed by atoms with Crippen LogP contribution in [0, 0.1) is 0 Å². The van der Waals surface area contributed by atoms with E-state index in [2.05, 4.69) is 0 Å². The van der Waals surface area contributed by atoms with Gasteiger partial charge in [-0.1, -0.05) is 12.1 Å². The van der Waals surface area contributed by atoms with Gasteiger partial charge in [0.05, 0.1) is 0 Å². The fraction of sp³-hybridized carbons (Fsp3) is 0.429. The van der Waals surface area contributed by atoms with Crippen LogP contribution >= 0.6 is 0 Å². The smallest absolute Gasteiger partial charge is 0.308 e. The molecule has 18 heavy (non-hydrogen) atoms. The van der Waals surface area contributed by atoms with E-state index in [4.69, 9.17) is 9.47 Å². The summed E-state index contributed by atoms with van der Waals surface area (Å²) in [5.41, 5.74) is 1.93. The van der Waals surface area contributed by atoms with Crippen LogP contribution in [0.5, 0.6) is 5.75 Å². The minimum Gasteiger partial charge on any atom is -0.458 e. The molecule has 1 aromatic carbocycles. The number of benzene rings is 1. The lowest BCUT2D eigenvalue weighted by Crippen LogP contribution is -2.17.